The van der Waals surface area contributed by atoms with Gasteiger partial charge in [-0.1, -0.05) is 0 Å². The van der Waals surface area contributed by atoms with Gasteiger partial charge in [-0.2, -0.15) is 0 Å². The molecule has 60 valence electrons. The zero-order chi connectivity index (χ0) is 8.43. The second kappa shape index (κ2) is 3.38. The van der Waals surface area contributed by atoms with Crippen LogP contribution >= 0.6 is 22.6 Å². The molecule has 1 aromatic rings. The molecule has 0 N–H and O–H groups in total. The third-order valence-electron chi connectivity index (χ3n) is 1.07. The lowest BCUT2D eigenvalue weighted by atomic mass is 10.3. The van der Waals surface area contributed by atoms with E-state index in [1.165, 1.54) is 0 Å². The standard InChI is InChI=1S/C6H3F3IN/c7-4-1-3(5(8)9)2-11-6(4)10/h1-2,5H. The lowest BCUT2D eigenvalue weighted by molar-refractivity contribution is 0.150. The summed E-state index contributed by atoms with van der Waals surface area (Å²) < 4.78 is 36.4. The molecule has 0 radical (unpaired) electrons. The zero-order valence-corrected chi connectivity index (χ0v) is 7.35. The Morgan fingerprint density at radius 3 is 2.55 bits per heavy atom. The Hall–Kier alpha value is -0.330. The Kier molecular flexibility index (Phi) is 2.69. The van der Waals surface area contributed by atoms with E-state index >= 15 is 0 Å². The molecule has 0 spiro atoms. The van der Waals surface area contributed by atoms with Gasteiger partial charge in [0.2, 0.25) is 0 Å². The van der Waals surface area contributed by atoms with Crippen molar-refractivity contribution in [1.82, 2.24) is 4.98 Å². The summed E-state index contributed by atoms with van der Waals surface area (Å²) in [5, 5.41) is 0. The lowest BCUT2D eigenvalue weighted by Gasteiger charge is -1.98. The maximum absolute atomic E-state index is 12.5. The van der Waals surface area contributed by atoms with Crippen molar-refractivity contribution in [3.8, 4) is 0 Å². The first-order valence-corrected chi connectivity index (χ1v) is 3.78. The molecule has 1 nitrogen and oxygen atoms in total. The summed E-state index contributed by atoms with van der Waals surface area (Å²) >= 11 is 1.63. The monoisotopic (exact) mass is 273 g/mol. The molecular weight excluding hydrogens is 270 g/mol. The van der Waals surface area contributed by atoms with Gasteiger partial charge in [0.15, 0.2) is 5.82 Å². The van der Waals surface area contributed by atoms with Crippen LogP contribution in [0.5, 0.6) is 0 Å². The van der Waals surface area contributed by atoms with Crippen LogP contribution in [0.25, 0.3) is 0 Å². The largest absolute Gasteiger partial charge is 0.265 e. The Morgan fingerprint density at radius 2 is 2.09 bits per heavy atom. The van der Waals surface area contributed by atoms with Crippen molar-refractivity contribution in [1.29, 1.82) is 0 Å². The van der Waals surface area contributed by atoms with E-state index in [0.717, 1.165) is 12.3 Å². The van der Waals surface area contributed by atoms with Crippen LogP contribution in [0.15, 0.2) is 12.3 Å². The summed E-state index contributed by atoms with van der Waals surface area (Å²) in [6, 6.07) is 0.791. The van der Waals surface area contributed by atoms with Crippen LogP contribution in [0.1, 0.15) is 12.0 Å². The second-order valence-corrected chi connectivity index (χ2v) is 2.86. The number of pyridine rings is 1. The zero-order valence-electron chi connectivity index (χ0n) is 5.19. The fraction of sp³-hybridized carbons (Fsp3) is 0.167. The number of hydrogen-bond acceptors (Lipinski definition) is 1. The summed E-state index contributed by atoms with van der Waals surface area (Å²) in [6.45, 7) is 0. The van der Waals surface area contributed by atoms with Crippen molar-refractivity contribution in [2.24, 2.45) is 0 Å². The van der Waals surface area contributed by atoms with Gasteiger partial charge in [-0.15, -0.1) is 0 Å². The summed E-state index contributed by atoms with van der Waals surface area (Å²) in [4.78, 5) is 3.43. The number of aromatic nitrogens is 1. The quantitative estimate of drug-likeness (QED) is 0.566. The molecule has 1 heterocycles. The normalized spacial score (nSPS) is 10.6. The molecule has 0 aliphatic heterocycles. The molecule has 0 saturated carbocycles. The van der Waals surface area contributed by atoms with Gasteiger partial charge in [-0.05, 0) is 28.7 Å². The Morgan fingerprint density at radius 1 is 1.45 bits per heavy atom. The Balaban J connectivity index is 3.05. The van der Waals surface area contributed by atoms with E-state index in [9.17, 15) is 13.2 Å². The van der Waals surface area contributed by atoms with Gasteiger partial charge in [-0.3, -0.25) is 0 Å². The average molecular weight is 273 g/mol. The topological polar surface area (TPSA) is 12.9 Å². The Bertz CT molecular complexity index is 264. The van der Waals surface area contributed by atoms with Gasteiger partial charge in [0.25, 0.3) is 6.43 Å². The predicted molar refractivity (Wildman–Crippen MR) is 41.9 cm³/mol. The molecule has 0 aliphatic carbocycles. The minimum absolute atomic E-state index is 0.104. The minimum Gasteiger partial charge on any atom is -0.247 e. The van der Waals surface area contributed by atoms with Crippen molar-refractivity contribution in [2.45, 2.75) is 6.43 Å². The molecule has 11 heavy (non-hydrogen) atoms. The van der Waals surface area contributed by atoms with Crippen molar-refractivity contribution < 1.29 is 13.2 Å². The first kappa shape index (κ1) is 8.76. The van der Waals surface area contributed by atoms with Crippen molar-refractivity contribution in [3.05, 3.63) is 27.3 Å². The summed E-state index contributed by atoms with van der Waals surface area (Å²) in [6.07, 6.45) is -1.69. The maximum atomic E-state index is 12.5. The number of alkyl halides is 2. The molecule has 0 aliphatic rings. The van der Waals surface area contributed by atoms with Crippen LogP contribution in [0.3, 0.4) is 0 Å². The van der Waals surface area contributed by atoms with Crippen LogP contribution in [0.4, 0.5) is 13.2 Å². The Labute approximate surface area is 74.8 Å². The second-order valence-electron chi connectivity index (χ2n) is 1.84. The van der Waals surface area contributed by atoms with E-state index < -0.39 is 12.2 Å². The highest BCUT2D eigenvalue weighted by Crippen LogP contribution is 2.19. The molecule has 0 fully saturated rings. The molecule has 0 bridgehead atoms. The molecule has 0 aromatic carbocycles. The van der Waals surface area contributed by atoms with Gasteiger partial charge in [0.1, 0.15) is 3.70 Å². The van der Waals surface area contributed by atoms with Gasteiger partial charge in [0.05, 0.1) is 0 Å². The van der Waals surface area contributed by atoms with E-state index in [1.54, 1.807) is 22.6 Å². The van der Waals surface area contributed by atoms with E-state index in [2.05, 4.69) is 4.98 Å². The SMILES string of the molecule is Fc1cc(C(F)F)cnc1I. The summed E-state index contributed by atoms with van der Waals surface area (Å²) in [7, 11) is 0. The first-order valence-electron chi connectivity index (χ1n) is 2.70. The highest BCUT2D eigenvalue weighted by Gasteiger charge is 2.09. The predicted octanol–water partition coefficient (Wildman–Crippen LogP) is 2.76. The molecule has 0 saturated heterocycles. The number of nitrogens with zero attached hydrogens (tertiary/aromatic N) is 1. The fourth-order valence-corrected chi connectivity index (χ4v) is 0.850. The van der Waals surface area contributed by atoms with Crippen molar-refractivity contribution in [2.75, 3.05) is 0 Å². The fourth-order valence-electron chi connectivity index (χ4n) is 0.555. The van der Waals surface area contributed by atoms with Crippen LogP contribution in [-0.2, 0) is 0 Å². The molecule has 0 unspecified atom stereocenters. The van der Waals surface area contributed by atoms with Crippen LogP contribution in [0, 0.1) is 9.52 Å². The summed E-state index contributed by atoms with van der Waals surface area (Å²) in [5.41, 5.74) is -0.386. The molecule has 5 heteroatoms. The summed E-state index contributed by atoms with van der Waals surface area (Å²) in [5.74, 6) is -0.705. The molecule has 1 rings (SSSR count). The van der Waals surface area contributed by atoms with E-state index in [0.29, 0.717) is 0 Å². The lowest BCUT2D eigenvalue weighted by Crippen LogP contribution is -1.92. The van der Waals surface area contributed by atoms with E-state index in [-0.39, 0.29) is 9.26 Å². The van der Waals surface area contributed by atoms with Gasteiger partial charge >= 0.3 is 0 Å². The number of halogens is 4. The third-order valence-corrected chi connectivity index (χ3v) is 1.86. The van der Waals surface area contributed by atoms with Gasteiger partial charge in [-0.25, -0.2) is 18.2 Å². The van der Waals surface area contributed by atoms with E-state index in [1.807, 2.05) is 0 Å². The molecular formula is C6H3F3IN. The van der Waals surface area contributed by atoms with Crippen LogP contribution < -0.4 is 0 Å². The maximum Gasteiger partial charge on any atom is 0.265 e. The molecule has 0 atom stereocenters. The first-order chi connectivity index (χ1) is 5.11. The third kappa shape index (κ3) is 2.05. The van der Waals surface area contributed by atoms with Gasteiger partial charge < -0.3 is 0 Å². The number of rotatable bonds is 1. The highest BCUT2D eigenvalue weighted by molar-refractivity contribution is 14.1. The highest BCUT2D eigenvalue weighted by atomic mass is 127. The molecule has 0 amide bonds. The van der Waals surface area contributed by atoms with Gasteiger partial charge in [0, 0.05) is 11.8 Å². The molecule has 1 aromatic heterocycles. The van der Waals surface area contributed by atoms with Crippen molar-refractivity contribution >= 4 is 22.6 Å². The van der Waals surface area contributed by atoms with E-state index in [4.69, 9.17) is 0 Å². The number of hydrogen-bond donors (Lipinski definition) is 0. The smallest absolute Gasteiger partial charge is 0.247 e. The van der Waals surface area contributed by atoms with Crippen molar-refractivity contribution in [3.63, 3.8) is 0 Å². The van der Waals surface area contributed by atoms with Crippen LogP contribution in [-0.4, -0.2) is 4.98 Å². The minimum atomic E-state index is -2.66. The van der Waals surface area contributed by atoms with Crippen LogP contribution in [0.2, 0.25) is 0 Å². The average Bonchev–Trinajstić information content (AvgIpc) is 1.94.